The van der Waals surface area contributed by atoms with Gasteiger partial charge in [0, 0.05) is 12.8 Å². The summed E-state index contributed by atoms with van der Waals surface area (Å²) in [6.45, 7) is -0.607. The number of nitrogen functional groups attached to an aromatic ring is 2. The Bertz CT molecular complexity index is 950. The molecule has 0 unspecified atom stereocenters. The van der Waals surface area contributed by atoms with Crippen molar-refractivity contribution in [1.82, 2.24) is 29.1 Å². The van der Waals surface area contributed by atoms with Crippen molar-refractivity contribution in [2.45, 2.75) is 49.7 Å². The third-order valence-electron chi connectivity index (χ3n) is 4.88. The van der Waals surface area contributed by atoms with E-state index >= 15 is 0 Å². The van der Waals surface area contributed by atoms with Crippen LogP contribution >= 0.6 is 0 Å². The second-order valence-corrected chi connectivity index (χ2v) is 7.04. The number of aromatic nitrogens is 6. The molecule has 0 amide bonds. The molecule has 32 heavy (non-hydrogen) atoms. The van der Waals surface area contributed by atoms with Crippen molar-refractivity contribution in [3.05, 3.63) is 33.6 Å². The maximum Gasteiger partial charge on any atom is 0.354 e. The van der Waals surface area contributed by atoms with Gasteiger partial charge in [0.1, 0.15) is 37.3 Å². The predicted octanol–water partition coefficient (Wildman–Crippen LogP) is -4.28. The lowest BCUT2D eigenvalue weighted by atomic mass is 10.2. The molecule has 0 bridgehead atoms. The lowest BCUT2D eigenvalue weighted by Gasteiger charge is -2.13. The highest BCUT2D eigenvalue weighted by molar-refractivity contribution is 5.10. The number of rotatable bonds is 4. The van der Waals surface area contributed by atoms with Crippen molar-refractivity contribution in [3.8, 4) is 0 Å². The van der Waals surface area contributed by atoms with Crippen LogP contribution < -0.4 is 22.8 Å². The van der Waals surface area contributed by atoms with Crippen LogP contribution in [0.25, 0.3) is 0 Å². The van der Waals surface area contributed by atoms with Crippen molar-refractivity contribution in [3.63, 3.8) is 0 Å². The first-order valence-electron chi connectivity index (χ1n) is 9.53. The largest absolute Gasteiger partial charge is 0.394 e. The molecule has 6 atom stereocenters. The zero-order valence-electron chi connectivity index (χ0n) is 16.7. The molecule has 2 aliphatic rings. The van der Waals surface area contributed by atoms with E-state index in [9.17, 15) is 19.8 Å². The number of aliphatic hydroxyl groups excluding tert-OH is 4. The van der Waals surface area contributed by atoms with Crippen LogP contribution in [-0.4, -0.2) is 87.1 Å². The first-order valence-corrected chi connectivity index (χ1v) is 9.53. The van der Waals surface area contributed by atoms with Crippen LogP contribution in [0.5, 0.6) is 0 Å². The Kier molecular flexibility index (Phi) is 7.44. The Labute approximate surface area is 179 Å². The second-order valence-electron chi connectivity index (χ2n) is 7.04. The van der Waals surface area contributed by atoms with Gasteiger partial charge in [-0.05, 0) is 0 Å². The standard InChI is InChI=1S/2C8H12N4O4/c2*9-7-10-3-12(8(15)11-7)6-1-4(14)5(2-13)16-6/h2*3-6,13-14H,1-2H2,(H2,9,11,15)/t2*4-,5-,6-/m11/s1. The topological polar surface area (TPSA) is 247 Å². The van der Waals surface area contributed by atoms with E-state index in [1.807, 2.05) is 0 Å². The summed E-state index contributed by atoms with van der Waals surface area (Å²) in [5.41, 5.74) is 9.29. The van der Waals surface area contributed by atoms with Gasteiger partial charge in [0.15, 0.2) is 0 Å². The number of nitrogens with two attached hydrogens (primary N) is 2. The zero-order chi connectivity index (χ0) is 23.4. The minimum atomic E-state index is -0.806. The molecule has 2 saturated heterocycles. The number of anilines is 2. The van der Waals surface area contributed by atoms with Gasteiger partial charge in [-0.1, -0.05) is 0 Å². The smallest absolute Gasteiger partial charge is 0.354 e. The fourth-order valence-electron chi connectivity index (χ4n) is 3.21. The monoisotopic (exact) mass is 456 g/mol. The fourth-order valence-corrected chi connectivity index (χ4v) is 3.21. The van der Waals surface area contributed by atoms with Crippen molar-refractivity contribution in [2.24, 2.45) is 0 Å². The summed E-state index contributed by atoms with van der Waals surface area (Å²) in [4.78, 5) is 37.1. The van der Waals surface area contributed by atoms with Gasteiger partial charge in [-0.3, -0.25) is 9.13 Å². The van der Waals surface area contributed by atoms with Crippen LogP contribution in [0.1, 0.15) is 25.3 Å². The van der Waals surface area contributed by atoms with E-state index in [4.69, 9.17) is 31.2 Å². The first kappa shape index (κ1) is 23.6. The summed E-state index contributed by atoms with van der Waals surface area (Å²) in [6, 6.07) is 0. The van der Waals surface area contributed by atoms with Crippen molar-refractivity contribution in [2.75, 3.05) is 24.7 Å². The molecule has 2 aromatic rings. The Balaban J connectivity index is 0.000000181. The second kappa shape index (κ2) is 10.1. The average Bonchev–Trinajstić information content (AvgIpc) is 3.30. The van der Waals surface area contributed by atoms with Crippen molar-refractivity contribution in [1.29, 1.82) is 0 Å². The molecule has 4 heterocycles. The predicted molar refractivity (Wildman–Crippen MR) is 105 cm³/mol. The van der Waals surface area contributed by atoms with Crippen LogP contribution in [-0.2, 0) is 9.47 Å². The molecule has 2 fully saturated rings. The van der Waals surface area contributed by atoms with Crippen LogP contribution in [0.3, 0.4) is 0 Å². The lowest BCUT2D eigenvalue weighted by molar-refractivity contribution is -0.0462. The number of ether oxygens (including phenoxy) is 2. The van der Waals surface area contributed by atoms with Crippen LogP contribution in [0.15, 0.2) is 22.2 Å². The molecule has 176 valence electrons. The van der Waals surface area contributed by atoms with Gasteiger partial charge >= 0.3 is 11.4 Å². The summed E-state index contributed by atoms with van der Waals surface area (Å²) < 4.78 is 12.8. The normalized spacial score (nSPS) is 29.5. The Morgan fingerprint density at radius 1 is 0.844 bits per heavy atom. The van der Waals surface area contributed by atoms with Crippen LogP contribution in [0.2, 0.25) is 0 Å². The fraction of sp³-hybridized carbons (Fsp3) is 0.625. The number of hydrogen-bond donors (Lipinski definition) is 6. The molecule has 8 N–H and O–H groups in total. The average molecular weight is 456 g/mol. The van der Waals surface area contributed by atoms with E-state index in [0.717, 1.165) is 9.13 Å². The van der Waals surface area contributed by atoms with Gasteiger partial charge in [-0.25, -0.2) is 19.6 Å². The van der Waals surface area contributed by atoms with Gasteiger partial charge in [0.2, 0.25) is 11.9 Å². The van der Waals surface area contributed by atoms with Gasteiger partial charge in [0.25, 0.3) is 0 Å². The Morgan fingerprint density at radius 2 is 1.22 bits per heavy atom. The van der Waals surface area contributed by atoms with E-state index in [1.165, 1.54) is 12.7 Å². The highest BCUT2D eigenvalue weighted by atomic mass is 16.5. The molecule has 0 saturated carbocycles. The molecule has 4 rings (SSSR count). The summed E-state index contributed by atoms with van der Waals surface area (Å²) in [5, 5.41) is 36.8. The molecule has 2 aliphatic heterocycles. The molecule has 0 radical (unpaired) electrons. The summed E-state index contributed by atoms with van der Waals surface area (Å²) in [6.07, 6.45) is -1.48. The minimum Gasteiger partial charge on any atom is -0.394 e. The molecule has 0 aromatic carbocycles. The van der Waals surface area contributed by atoms with Gasteiger partial charge in [0.05, 0.1) is 25.4 Å². The minimum absolute atomic E-state index is 0.112. The third-order valence-corrected chi connectivity index (χ3v) is 4.88. The number of aliphatic hydroxyl groups is 4. The maximum absolute atomic E-state index is 11.4. The Morgan fingerprint density at radius 3 is 1.50 bits per heavy atom. The first-order chi connectivity index (χ1) is 15.2. The quantitative estimate of drug-likeness (QED) is 0.255. The molecule has 16 nitrogen and oxygen atoms in total. The summed E-state index contributed by atoms with van der Waals surface area (Å²) in [5.74, 6) is -0.225. The molecule has 16 heteroatoms. The maximum atomic E-state index is 11.4. The lowest BCUT2D eigenvalue weighted by Crippen LogP contribution is -2.28. The van der Waals surface area contributed by atoms with E-state index < -0.39 is 48.3 Å². The molecule has 0 aliphatic carbocycles. The van der Waals surface area contributed by atoms with Gasteiger partial charge < -0.3 is 41.4 Å². The molecule has 2 aromatic heterocycles. The van der Waals surface area contributed by atoms with Crippen LogP contribution in [0, 0.1) is 0 Å². The van der Waals surface area contributed by atoms with Gasteiger partial charge in [-0.2, -0.15) is 9.97 Å². The van der Waals surface area contributed by atoms with Crippen LogP contribution in [0.4, 0.5) is 11.9 Å². The summed E-state index contributed by atoms with van der Waals surface area (Å²) in [7, 11) is 0. The number of nitrogens with zero attached hydrogens (tertiary/aromatic N) is 6. The zero-order valence-corrected chi connectivity index (χ0v) is 16.7. The highest BCUT2D eigenvalue weighted by Gasteiger charge is 2.36. The van der Waals surface area contributed by atoms with E-state index in [-0.39, 0.29) is 38.0 Å². The van der Waals surface area contributed by atoms with Crippen molar-refractivity contribution < 1.29 is 29.9 Å². The Hall–Kier alpha value is -3.02. The SMILES string of the molecule is Nc1ncn([C@H]2C[C@@H](O)[C@@H](CO)O2)c(=O)n1.Nc1ncn([C@H]2C[C@@H](O)[C@@H](CO)O2)c(=O)n1. The number of hydrogen-bond acceptors (Lipinski definition) is 14. The molecular weight excluding hydrogens is 432 g/mol. The van der Waals surface area contributed by atoms with Gasteiger partial charge in [-0.15, -0.1) is 0 Å². The van der Waals surface area contributed by atoms with E-state index in [2.05, 4.69) is 19.9 Å². The molecule has 0 spiro atoms. The van der Waals surface area contributed by atoms with E-state index in [0.29, 0.717) is 0 Å². The van der Waals surface area contributed by atoms with E-state index in [1.54, 1.807) is 0 Å². The van der Waals surface area contributed by atoms with Crippen molar-refractivity contribution >= 4 is 11.9 Å². The summed E-state index contributed by atoms with van der Waals surface area (Å²) >= 11 is 0. The highest BCUT2D eigenvalue weighted by Crippen LogP contribution is 2.27. The third kappa shape index (κ3) is 5.23. The molecular formula is C16H24N8O8.